The number of halogens is 1. The Morgan fingerprint density at radius 2 is 1.69 bits per heavy atom. The summed E-state index contributed by atoms with van der Waals surface area (Å²) in [4.78, 5) is 29.7. The van der Waals surface area contributed by atoms with Crippen molar-refractivity contribution in [2.75, 3.05) is 18.5 Å². The topological polar surface area (TPSA) is 101 Å². The zero-order valence-electron chi connectivity index (χ0n) is 19.4. The molecule has 7 nitrogen and oxygen atoms in total. The van der Waals surface area contributed by atoms with E-state index in [2.05, 4.69) is 15.6 Å². The van der Waals surface area contributed by atoms with E-state index >= 15 is 0 Å². The molecule has 0 radical (unpaired) electrons. The van der Waals surface area contributed by atoms with E-state index < -0.39 is 24.0 Å². The Morgan fingerprint density at radius 1 is 0.972 bits per heavy atom. The van der Waals surface area contributed by atoms with Gasteiger partial charge in [-0.05, 0) is 48.4 Å². The molecule has 2 atom stereocenters. The number of fused-ring (bicyclic) bond motifs is 1. The number of aromatic nitrogens is 1. The zero-order valence-corrected chi connectivity index (χ0v) is 20.2. The normalized spacial score (nSPS) is 12.5. The van der Waals surface area contributed by atoms with E-state index in [0.717, 1.165) is 16.6 Å². The average Bonchev–Trinajstić information content (AvgIpc) is 2.91. The largest absolute Gasteiger partial charge is 0.464 e. The Kier molecular flexibility index (Phi) is 8.49. The van der Waals surface area contributed by atoms with Crippen molar-refractivity contribution in [3.8, 4) is 0 Å². The van der Waals surface area contributed by atoms with Gasteiger partial charge < -0.3 is 20.5 Å². The molecule has 0 spiro atoms. The molecule has 3 aromatic carbocycles. The fourth-order valence-electron chi connectivity index (χ4n) is 3.78. The first-order valence-corrected chi connectivity index (χ1v) is 11.9. The Bertz CT molecular complexity index is 1320. The number of hydrogen-bond donors (Lipinski definition) is 3. The highest BCUT2D eigenvalue weighted by molar-refractivity contribution is 6.31. The van der Waals surface area contributed by atoms with Crippen LogP contribution >= 0.6 is 11.6 Å². The van der Waals surface area contributed by atoms with Crippen LogP contribution in [0.4, 0.5) is 5.69 Å². The molecule has 8 heteroatoms. The summed E-state index contributed by atoms with van der Waals surface area (Å²) in [5.41, 5.74) is 2.70. The Hall–Kier alpha value is -3.94. The number of aliphatic hydroxyl groups excluding tert-OH is 1. The van der Waals surface area contributed by atoms with E-state index in [4.69, 9.17) is 16.3 Å². The van der Waals surface area contributed by atoms with Crippen LogP contribution in [0.1, 0.15) is 28.4 Å². The van der Waals surface area contributed by atoms with Crippen LogP contribution in [0.2, 0.25) is 5.02 Å². The predicted octanol–water partition coefficient (Wildman–Crippen LogP) is 4.77. The third kappa shape index (κ3) is 6.38. The lowest BCUT2D eigenvalue weighted by atomic mass is 10.0. The number of nitrogens with zero attached hydrogens (tertiary/aromatic N) is 1. The van der Waals surface area contributed by atoms with Crippen molar-refractivity contribution in [3.05, 3.63) is 107 Å². The van der Waals surface area contributed by atoms with Crippen molar-refractivity contribution >= 4 is 40.1 Å². The molecule has 0 aliphatic heterocycles. The monoisotopic (exact) mass is 503 g/mol. The molecule has 0 saturated heterocycles. The third-order valence-corrected chi connectivity index (χ3v) is 5.86. The molecule has 0 bridgehead atoms. The van der Waals surface area contributed by atoms with Crippen LogP contribution in [-0.2, 0) is 9.53 Å². The van der Waals surface area contributed by atoms with Crippen molar-refractivity contribution in [3.63, 3.8) is 0 Å². The minimum Gasteiger partial charge on any atom is -0.464 e. The molecule has 4 aromatic rings. The van der Waals surface area contributed by atoms with Gasteiger partial charge in [-0.15, -0.1) is 0 Å². The molecule has 1 heterocycles. The summed E-state index contributed by atoms with van der Waals surface area (Å²) in [5.74, 6) is -1.20. The number of rotatable bonds is 10. The van der Waals surface area contributed by atoms with E-state index in [1.165, 1.54) is 0 Å². The van der Waals surface area contributed by atoms with Gasteiger partial charge in [0.15, 0.2) is 6.10 Å². The van der Waals surface area contributed by atoms with E-state index in [-0.39, 0.29) is 6.61 Å². The maximum Gasteiger partial charge on any atom is 0.337 e. The first kappa shape index (κ1) is 25.2. The van der Waals surface area contributed by atoms with Crippen LogP contribution in [0, 0.1) is 0 Å². The van der Waals surface area contributed by atoms with E-state index in [1.807, 2.05) is 18.2 Å². The number of amides is 1. The summed E-state index contributed by atoms with van der Waals surface area (Å²) < 4.78 is 5.32. The average molecular weight is 504 g/mol. The van der Waals surface area contributed by atoms with Crippen molar-refractivity contribution in [1.29, 1.82) is 0 Å². The number of aliphatic hydroxyl groups is 1. The second-order valence-electron chi connectivity index (χ2n) is 8.14. The molecule has 3 N–H and O–H groups in total. The molecule has 1 aromatic heterocycles. The molecular weight excluding hydrogens is 478 g/mol. The van der Waals surface area contributed by atoms with E-state index in [9.17, 15) is 14.7 Å². The minimum absolute atomic E-state index is 0.103. The highest BCUT2D eigenvalue weighted by Crippen LogP contribution is 2.24. The van der Waals surface area contributed by atoms with Gasteiger partial charge in [-0.25, -0.2) is 4.79 Å². The fraction of sp³-hybridized carbons (Fsp3) is 0.179. The quantitative estimate of drug-likeness (QED) is 0.213. The van der Waals surface area contributed by atoms with Gasteiger partial charge in [-0.1, -0.05) is 60.1 Å². The fourth-order valence-corrected chi connectivity index (χ4v) is 3.95. The number of carbonyl (C=O) groups is 2. The maximum atomic E-state index is 12.7. The minimum atomic E-state index is -1.57. The number of pyridine rings is 1. The highest BCUT2D eigenvalue weighted by Gasteiger charge is 2.30. The van der Waals surface area contributed by atoms with E-state index in [1.54, 1.807) is 72.9 Å². The molecule has 0 fully saturated rings. The second kappa shape index (κ2) is 12.2. The standard InChI is InChI=1S/C28H26ClN3O4/c29-21-12-13-22-23(14-16-31-24(22)18-21)30-15-7-17-36-28(35)26(33)25(19-8-3-1-4-9-19)32-27(34)20-10-5-2-6-11-20/h1-6,8-14,16,18,25-26,33H,7,15,17H2,(H,30,31)(H,32,34)/t25-,26+/m0/s1. The van der Waals surface area contributed by atoms with Gasteiger partial charge in [0.2, 0.25) is 0 Å². The van der Waals surface area contributed by atoms with Gasteiger partial charge in [0.25, 0.3) is 5.91 Å². The summed E-state index contributed by atoms with van der Waals surface area (Å²) in [6, 6.07) is 23.9. The van der Waals surface area contributed by atoms with Gasteiger partial charge in [0.05, 0.1) is 18.2 Å². The van der Waals surface area contributed by atoms with Crippen molar-refractivity contribution < 1.29 is 19.4 Å². The van der Waals surface area contributed by atoms with Crippen LogP contribution < -0.4 is 10.6 Å². The van der Waals surface area contributed by atoms with E-state index in [0.29, 0.717) is 29.1 Å². The SMILES string of the molecule is O=C(N[C@@H](c1ccccc1)[C@@H](O)C(=O)OCCCNc1ccnc2cc(Cl)ccc12)c1ccccc1. The molecular formula is C28H26ClN3O4. The van der Waals surface area contributed by atoms with Gasteiger partial charge in [-0.3, -0.25) is 9.78 Å². The molecule has 0 aliphatic carbocycles. The van der Waals surface area contributed by atoms with Crippen molar-refractivity contribution in [2.24, 2.45) is 0 Å². The number of hydrogen-bond acceptors (Lipinski definition) is 6. The Labute approximate surface area is 214 Å². The predicted molar refractivity (Wildman–Crippen MR) is 140 cm³/mol. The number of carbonyl (C=O) groups excluding carboxylic acids is 2. The summed E-state index contributed by atoms with van der Waals surface area (Å²) in [6.07, 6.45) is 0.648. The van der Waals surface area contributed by atoms with Crippen LogP contribution in [0.15, 0.2) is 91.1 Å². The van der Waals surface area contributed by atoms with Gasteiger partial charge in [0.1, 0.15) is 0 Å². The number of nitrogens with one attached hydrogen (secondary N) is 2. The number of benzene rings is 3. The highest BCUT2D eigenvalue weighted by atomic mass is 35.5. The molecule has 0 aliphatic rings. The van der Waals surface area contributed by atoms with Gasteiger partial charge in [-0.2, -0.15) is 0 Å². The summed E-state index contributed by atoms with van der Waals surface area (Å²) in [5, 5.41) is 18.4. The lowest BCUT2D eigenvalue weighted by Crippen LogP contribution is -2.41. The Morgan fingerprint density at radius 3 is 2.44 bits per heavy atom. The summed E-state index contributed by atoms with van der Waals surface area (Å²) in [7, 11) is 0. The first-order chi connectivity index (χ1) is 17.5. The zero-order chi connectivity index (χ0) is 25.3. The molecule has 4 rings (SSSR count). The number of ether oxygens (including phenoxy) is 1. The molecule has 36 heavy (non-hydrogen) atoms. The maximum absolute atomic E-state index is 12.7. The van der Waals surface area contributed by atoms with Gasteiger partial charge >= 0.3 is 5.97 Å². The molecule has 1 amide bonds. The lowest BCUT2D eigenvalue weighted by molar-refractivity contribution is -0.155. The van der Waals surface area contributed by atoms with Crippen molar-refractivity contribution in [1.82, 2.24) is 10.3 Å². The Balaban J connectivity index is 1.33. The van der Waals surface area contributed by atoms with Crippen molar-refractivity contribution in [2.45, 2.75) is 18.6 Å². The lowest BCUT2D eigenvalue weighted by Gasteiger charge is -2.23. The van der Waals surface area contributed by atoms with Crippen LogP contribution in [0.3, 0.4) is 0 Å². The number of esters is 1. The molecule has 0 unspecified atom stereocenters. The molecule has 184 valence electrons. The first-order valence-electron chi connectivity index (χ1n) is 11.6. The van der Waals surface area contributed by atoms with Crippen LogP contribution in [-0.4, -0.2) is 41.2 Å². The van der Waals surface area contributed by atoms with Crippen LogP contribution in [0.5, 0.6) is 0 Å². The summed E-state index contributed by atoms with van der Waals surface area (Å²) >= 11 is 6.04. The third-order valence-electron chi connectivity index (χ3n) is 5.62. The second-order valence-corrected chi connectivity index (χ2v) is 8.58. The molecule has 0 saturated carbocycles. The number of anilines is 1. The van der Waals surface area contributed by atoms with Crippen LogP contribution in [0.25, 0.3) is 10.9 Å². The van der Waals surface area contributed by atoms with Gasteiger partial charge in [0, 0.05) is 34.4 Å². The summed E-state index contributed by atoms with van der Waals surface area (Å²) in [6.45, 7) is 0.643. The smallest absolute Gasteiger partial charge is 0.337 e.